The van der Waals surface area contributed by atoms with E-state index >= 15 is 0 Å². The van der Waals surface area contributed by atoms with Crippen molar-refractivity contribution < 1.29 is 9.53 Å². The number of morpholine rings is 1. The summed E-state index contributed by atoms with van der Waals surface area (Å²) in [7, 11) is 0. The monoisotopic (exact) mass is 389 g/mol. The van der Waals surface area contributed by atoms with E-state index in [0.29, 0.717) is 18.7 Å². The Hall–Kier alpha value is -2.76. The molecule has 1 fully saturated rings. The van der Waals surface area contributed by atoms with Crippen LogP contribution in [0.5, 0.6) is 0 Å². The van der Waals surface area contributed by atoms with E-state index in [-0.39, 0.29) is 12.0 Å². The Balaban J connectivity index is 1.37. The van der Waals surface area contributed by atoms with Crippen LogP contribution in [-0.4, -0.2) is 48.1 Å². The number of amides is 1. The first-order valence-electron chi connectivity index (χ1n) is 10.1. The van der Waals surface area contributed by atoms with Gasteiger partial charge < -0.3 is 10.1 Å². The molecule has 3 aromatic rings. The Labute approximate surface area is 171 Å². The molecular weight excluding hydrogens is 362 g/mol. The quantitative estimate of drug-likeness (QED) is 0.726. The lowest BCUT2D eigenvalue weighted by atomic mass is 10.1. The summed E-state index contributed by atoms with van der Waals surface area (Å²) in [5, 5.41) is 4.03. The Morgan fingerprint density at radius 3 is 2.83 bits per heavy atom. The minimum atomic E-state index is -0.0952. The molecule has 0 aliphatic carbocycles. The molecule has 0 saturated carbocycles. The number of ether oxygens (including phenoxy) is 1. The highest BCUT2D eigenvalue weighted by Gasteiger charge is 2.22. The number of nitrogens with zero attached hydrogens (tertiary/aromatic N) is 2. The third-order valence-corrected chi connectivity index (χ3v) is 5.37. The molecule has 5 nitrogen and oxygen atoms in total. The molecule has 0 unspecified atom stereocenters. The number of benzene rings is 2. The van der Waals surface area contributed by atoms with E-state index in [1.54, 1.807) is 0 Å². The van der Waals surface area contributed by atoms with Crippen molar-refractivity contribution in [3.63, 3.8) is 0 Å². The van der Waals surface area contributed by atoms with Gasteiger partial charge in [-0.25, -0.2) is 0 Å². The van der Waals surface area contributed by atoms with Crippen molar-refractivity contribution in [2.45, 2.75) is 26.5 Å². The molecule has 5 heteroatoms. The van der Waals surface area contributed by atoms with Crippen molar-refractivity contribution in [3.05, 3.63) is 77.0 Å². The molecule has 1 aliphatic rings. The van der Waals surface area contributed by atoms with E-state index in [2.05, 4.69) is 45.5 Å². The van der Waals surface area contributed by atoms with Gasteiger partial charge >= 0.3 is 0 Å². The Morgan fingerprint density at radius 1 is 1.17 bits per heavy atom. The topological polar surface area (TPSA) is 54.5 Å². The van der Waals surface area contributed by atoms with Crippen molar-refractivity contribution in [1.29, 1.82) is 0 Å². The van der Waals surface area contributed by atoms with E-state index in [0.717, 1.165) is 41.8 Å². The summed E-state index contributed by atoms with van der Waals surface area (Å²) in [5.41, 5.74) is 4.74. The van der Waals surface area contributed by atoms with Gasteiger partial charge in [-0.3, -0.25) is 14.7 Å². The number of nitrogens with one attached hydrogen (secondary N) is 1. The fourth-order valence-electron chi connectivity index (χ4n) is 3.81. The zero-order chi connectivity index (χ0) is 20.2. The number of aryl methyl sites for hydroxylation is 2. The zero-order valence-corrected chi connectivity index (χ0v) is 17.0. The van der Waals surface area contributed by atoms with Crippen LogP contribution in [0.4, 0.5) is 0 Å². The van der Waals surface area contributed by atoms with E-state index in [1.807, 2.05) is 38.1 Å². The normalized spacial score (nSPS) is 17.4. The molecule has 2 heterocycles. The van der Waals surface area contributed by atoms with Gasteiger partial charge in [0.2, 0.25) is 0 Å². The average molecular weight is 389 g/mol. The van der Waals surface area contributed by atoms with Crippen LogP contribution < -0.4 is 5.32 Å². The summed E-state index contributed by atoms with van der Waals surface area (Å²) in [6, 6.07) is 18.5. The molecule has 1 aliphatic heterocycles. The molecule has 1 amide bonds. The third kappa shape index (κ3) is 4.81. The van der Waals surface area contributed by atoms with Gasteiger partial charge in [-0.1, -0.05) is 42.0 Å². The van der Waals surface area contributed by atoms with Crippen LogP contribution in [0.25, 0.3) is 10.9 Å². The fraction of sp³-hybridized carbons (Fsp3) is 0.333. The van der Waals surface area contributed by atoms with E-state index in [4.69, 9.17) is 4.74 Å². The lowest BCUT2D eigenvalue weighted by Crippen LogP contribution is -2.47. The van der Waals surface area contributed by atoms with Crippen molar-refractivity contribution in [1.82, 2.24) is 15.2 Å². The molecule has 1 N–H and O–H groups in total. The number of pyridine rings is 1. The number of aromatic nitrogens is 1. The molecule has 29 heavy (non-hydrogen) atoms. The van der Waals surface area contributed by atoms with Crippen molar-refractivity contribution in [2.24, 2.45) is 0 Å². The van der Waals surface area contributed by atoms with Crippen LogP contribution in [0, 0.1) is 13.8 Å². The maximum Gasteiger partial charge on any atom is 0.253 e. The number of carbonyl (C=O) groups excluding carboxylic acids is 1. The van der Waals surface area contributed by atoms with Gasteiger partial charge in [0.1, 0.15) is 0 Å². The molecule has 1 aromatic heterocycles. The van der Waals surface area contributed by atoms with Crippen LogP contribution >= 0.6 is 0 Å². The van der Waals surface area contributed by atoms with Gasteiger partial charge in [-0.2, -0.15) is 0 Å². The van der Waals surface area contributed by atoms with Crippen LogP contribution in [0.3, 0.4) is 0 Å². The zero-order valence-electron chi connectivity index (χ0n) is 17.0. The van der Waals surface area contributed by atoms with Crippen molar-refractivity contribution in [2.75, 3.05) is 26.2 Å². The predicted octanol–water partition coefficient (Wildman–Crippen LogP) is 3.48. The number of rotatable bonds is 5. The molecule has 0 spiro atoms. The summed E-state index contributed by atoms with van der Waals surface area (Å²) in [5.74, 6) is -0.0952. The van der Waals surface area contributed by atoms with Crippen LogP contribution in [0.2, 0.25) is 0 Å². The second-order valence-electron chi connectivity index (χ2n) is 7.74. The molecule has 1 saturated heterocycles. The first-order chi connectivity index (χ1) is 14.1. The summed E-state index contributed by atoms with van der Waals surface area (Å²) in [4.78, 5) is 19.8. The first kappa shape index (κ1) is 19.6. The molecular formula is C24H27N3O2. The predicted molar refractivity (Wildman–Crippen MR) is 115 cm³/mol. The van der Waals surface area contributed by atoms with Gasteiger partial charge in [0.25, 0.3) is 5.91 Å². The van der Waals surface area contributed by atoms with Crippen molar-refractivity contribution in [3.8, 4) is 0 Å². The first-order valence-corrected chi connectivity index (χ1v) is 10.1. The molecule has 2 aromatic carbocycles. The minimum absolute atomic E-state index is 0.00706. The van der Waals surface area contributed by atoms with Crippen molar-refractivity contribution >= 4 is 16.8 Å². The maximum absolute atomic E-state index is 12.8. The maximum atomic E-state index is 12.8. The van der Waals surface area contributed by atoms with E-state index in [9.17, 15) is 4.79 Å². The molecule has 0 radical (unpaired) electrons. The second-order valence-corrected chi connectivity index (χ2v) is 7.74. The largest absolute Gasteiger partial charge is 0.374 e. The number of carbonyl (C=O) groups is 1. The number of fused-ring (bicyclic) bond motifs is 1. The van der Waals surface area contributed by atoms with Gasteiger partial charge in [0, 0.05) is 31.6 Å². The van der Waals surface area contributed by atoms with Gasteiger partial charge in [-0.15, -0.1) is 0 Å². The highest BCUT2D eigenvalue weighted by atomic mass is 16.5. The summed E-state index contributed by atoms with van der Waals surface area (Å²) < 4.78 is 5.88. The average Bonchev–Trinajstić information content (AvgIpc) is 2.73. The molecule has 0 bridgehead atoms. The van der Waals surface area contributed by atoms with Gasteiger partial charge in [-0.05, 0) is 37.6 Å². The molecule has 150 valence electrons. The Kier molecular flexibility index (Phi) is 5.88. The third-order valence-electron chi connectivity index (χ3n) is 5.37. The smallest absolute Gasteiger partial charge is 0.253 e. The Morgan fingerprint density at radius 2 is 2.00 bits per heavy atom. The highest BCUT2D eigenvalue weighted by Crippen LogP contribution is 2.18. The lowest BCUT2D eigenvalue weighted by Gasteiger charge is -2.33. The van der Waals surface area contributed by atoms with Gasteiger partial charge in [0.15, 0.2) is 0 Å². The standard InChI is InChI=1S/C24H27N3O2/c1-17-8-9-23-20(12-17)13-22(18(2)26-23)24(28)25-14-21-16-27(10-11-29-21)15-19-6-4-3-5-7-19/h3-9,12-13,21H,10-11,14-16H2,1-2H3,(H,25,28)/t21-/m0/s1. The van der Waals surface area contributed by atoms with E-state index < -0.39 is 0 Å². The summed E-state index contributed by atoms with van der Waals surface area (Å²) in [6.45, 7) is 7.73. The fourth-order valence-corrected chi connectivity index (χ4v) is 3.81. The molecule has 4 rings (SSSR count). The SMILES string of the molecule is Cc1ccc2nc(C)c(C(=O)NC[C@H]3CN(Cc4ccccc4)CCO3)cc2c1. The van der Waals surface area contributed by atoms with E-state index in [1.165, 1.54) is 5.56 Å². The Bertz CT molecular complexity index is 1000. The minimum Gasteiger partial charge on any atom is -0.374 e. The lowest BCUT2D eigenvalue weighted by molar-refractivity contribution is -0.0292. The second kappa shape index (κ2) is 8.72. The van der Waals surface area contributed by atoms with Crippen LogP contribution in [0.15, 0.2) is 54.6 Å². The van der Waals surface area contributed by atoms with Crippen LogP contribution in [-0.2, 0) is 11.3 Å². The molecule has 1 atom stereocenters. The highest BCUT2D eigenvalue weighted by molar-refractivity contribution is 5.98. The number of hydrogen-bond donors (Lipinski definition) is 1. The van der Waals surface area contributed by atoms with Gasteiger partial charge in [0.05, 0.1) is 29.5 Å². The number of hydrogen-bond acceptors (Lipinski definition) is 4. The summed E-state index contributed by atoms with van der Waals surface area (Å²) in [6.07, 6.45) is -0.00706. The van der Waals surface area contributed by atoms with Crippen LogP contribution in [0.1, 0.15) is 27.2 Å². The summed E-state index contributed by atoms with van der Waals surface area (Å²) >= 11 is 0.